The van der Waals surface area contributed by atoms with Gasteiger partial charge in [-0.05, 0) is 31.2 Å². The zero-order valence-electron chi connectivity index (χ0n) is 16.4. The molecule has 158 valence electrons. The van der Waals surface area contributed by atoms with E-state index in [0.29, 0.717) is 12.3 Å². The molecule has 0 aliphatic carbocycles. The third-order valence-electron chi connectivity index (χ3n) is 3.87. The molecule has 2 aromatic rings. The molecule has 2 aromatic carbocycles. The van der Waals surface area contributed by atoms with E-state index in [0.717, 1.165) is 5.56 Å². The number of carbonyl (C=O) groups is 1. The molecule has 0 aliphatic rings. The second-order valence-corrected chi connectivity index (χ2v) is 6.28. The Balaban J connectivity index is 1.90. The Kier molecular flexibility index (Phi) is 7.58. The van der Waals surface area contributed by atoms with Crippen LogP contribution in [-0.4, -0.2) is 51.0 Å². The number of ether oxygens (including phenoxy) is 3. The van der Waals surface area contributed by atoms with E-state index in [4.69, 9.17) is 14.2 Å². The Labute approximate surface area is 167 Å². The third kappa shape index (κ3) is 7.44. The molecule has 0 aliphatic heterocycles. The summed E-state index contributed by atoms with van der Waals surface area (Å²) >= 11 is 0. The fraction of sp³-hybridized carbons (Fsp3) is 0.350. The molecule has 0 fully saturated rings. The highest BCUT2D eigenvalue weighted by atomic mass is 19.4. The summed E-state index contributed by atoms with van der Waals surface area (Å²) in [5.74, 6) is 0.714. The third-order valence-corrected chi connectivity index (χ3v) is 3.87. The number of hydrogen-bond acceptors (Lipinski definition) is 4. The number of likely N-dealkylation sites (N-methyl/N-ethyl adjacent to an activating group) is 1. The van der Waals surface area contributed by atoms with E-state index < -0.39 is 18.8 Å². The summed E-state index contributed by atoms with van der Waals surface area (Å²) < 4.78 is 52.5. The predicted octanol–water partition coefficient (Wildman–Crippen LogP) is 4.49. The van der Waals surface area contributed by atoms with Crippen molar-refractivity contribution in [2.75, 3.05) is 39.2 Å². The molecule has 0 atom stereocenters. The van der Waals surface area contributed by atoms with E-state index in [9.17, 15) is 18.0 Å². The number of benzene rings is 2. The lowest BCUT2D eigenvalue weighted by Gasteiger charge is -2.19. The Bertz CT molecular complexity index is 810. The minimum atomic E-state index is -4.48. The monoisotopic (exact) mass is 412 g/mol. The number of nitrogens with one attached hydrogen (secondary N) is 1. The molecule has 9 heteroatoms. The number of rotatable bonds is 8. The summed E-state index contributed by atoms with van der Waals surface area (Å²) in [4.78, 5) is 13.7. The van der Waals surface area contributed by atoms with Crippen molar-refractivity contribution in [1.82, 2.24) is 4.90 Å². The fourth-order valence-electron chi connectivity index (χ4n) is 2.28. The molecule has 0 radical (unpaired) electrons. The van der Waals surface area contributed by atoms with Crippen LogP contribution in [0.3, 0.4) is 0 Å². The van der Waals surface area contributed by atoms with Gasteiger partial charge >= 0.3 is 12.2 Å². The number of amides is 2. The van der Waals surface area contributed by atoms with Crippen LogP contribution in [0.5, 0.6) is 17.2 Å². The van der Waals surface area contributed by atoms with Gasteiger partial charge in [0.1, 0.15) is 12.4 Å². The van der Waals surface area contributed by atoms with Crippen molar-refractivity contribution in [3.8, 4) is 17.2 Å². The lowest BCUT2D eigenvalue weighted by atomic mass is 10.2. The Hall–Kier alpha value is -3.10. The van der Waals surface area contributed by atoms with Gasteiger partial charge in [-0.1, -0.05) is 17.7 Å². The zero-order chi connectivity index (χ0) is 21.4. The van der Waals surface area contributed by atoms with E-state index in [2.05, 4.69) is 5.32 Å². The van der Waals surface area contributed by atoms with Crippen molar-refractivity contribution >= 4 is 11.7 Å². The molecule has 6 nitrogen and oxygen atoms in total. The van der Waals surface area contributed by atoms with E-state index in [1.54, 1.807) is 7.05 Å². The van der Waals surface area contributed by atoms with E-state index in [-0.39, 0.29) is 23.8 Å². The molecule has 29 heavy (non-hydrogen) atoms. The standard InChI is InChI=1S/C20H23F3N2O4/c1-14-4-7-16(8-5-14)28-11-10-25(2)19(26)24-15-6-9-17(27-3)18(12-15)29-13-20(21,22)23/h4-9,12H,10-11,13H2,1-3H3,(H,24,26). The molecule has 0 saturated heterocycles. The van der Waals surface area contributed by atoms with E-state index in [1.165, 1.54) is 30.2 Å². The lowest BCUT2D eigenvalue weighted by Crippen LogP contribution is -2.34. The first-order valence-electron chi connectivity index (χ1n) is 8.77. The van der Waals surface area contributed by atoms with Crippen LogP contribution in [0.15, 0.2) is 42.5 Å². The second-order valence-electron chi connectivity index (χ2n) is 6.28. The maximum Gasteiger partial charge on any atom is 0.422 e. The average molecular weight is 412 g/mol. The van der Waals surface area contributed by atoms with Crippen LogP contribution in [0, 0.1) is 6.92 Å². The van der Waals surface area contributed by atoms with Gasteiger partial charge in [-0.2, -0.15) is 13.2 Å². The average Bonchev–Trinajstić information content (AvgIpc) is 2.67. The van der Waals surface area contributed by atoms with Crippen LogP contribution in [0.25, 0.3) is 0 Å². The number of nitrogens with zero attached hydrogens (tertiary/aromatic N) is 1. The smallest absolute Gasteiger partial charge is 0.422 e. The molecule has 0 aromatic heterocycles. The first-order chi connectivity index (χ1) is 13.7. The summed E-state index contributed by atoms with van der Waals surface area (Å²) in [5.41, 5.74) is 1.39. The van der Waals surface area contributed by atoms with Crippen molar-refractivity contribution in [2.45, 2.75) is 13.1 Å². The number of hydrogen-bond donors (Lipinski definition) is 1. The molecular formula is C20H23F3N2O4. The lowest BCUT2D eigenvalue weighted by molar-refractivity contribution is -0.153. The summed E-state index contributed by atoms with van der Waals surface area (Å²) in [6.07, 6.45) is -4.48. The van der Waals surface area contributed by atoms with Gasteiger partial charge in [-0.3, -0.25) is 0 Å². The number of urea groups is 1. The SMILES string of the molecule is COc1ccc(NC(=O)N(C)CCOc2ccc(C)cc2)cc1OCC(F)(F)F. The minimum Gasteiger partial charge on any atom is -0.493 e. The van der Waals surface area contributed by atoms with E-state index >= 15 is 0 Å². The topological polar surface area (TPSA) is 60.0 Å². The maximum atomic E-state index is 12.4. The quantitative estimate of drug-likeness (QED) is 0.694. The van der Waals surface area contributed by atoms with Crippen LogP contribution in [-0.2, 0) is 0 Å². The van der Waals surface area contributed by atoms with Crippen LogP contribution in [0.2, 0.25) is 0 Å². The highest BCUT2D eigenvalue weighted by Crippen LogP contribution is 2.31. The van der Waals surface area contributed by atoms with Crippen molar-refractivity contribution < 1.29 is 32.2 Å². The van der Waals surface area contributed by atoms with Crippen molar-refractivity contribution in [1.29, 1.82) is 0 Å². The van der Waals surface area contributed by atoms with Gasteiger partial charge in [0.25, 0.3) is 0 Å². The second kappa shape index (κ2) is 9.90. The summed E-state index contributed by atoms with van der Waals surface area (Å²) in [6.45, 7) is 1.11. The maximum absolute atomic E-state index is 12.4. The van der Waals surface area contributed by atoms with Crippen LogP contribution < -0.4 is 19.5 Å². The molecule has 0 unspecified atom stereocenters. The molecular weight excluding hydrogens is 389 g/mol. The van der Waals surface area contributed by atoms with Crippen molar-refractivity contribution in [3.63, 3.8) is 0 Å². The van der Waals surface area contributed by atoms with Crippen molar-refractivity contribution in [3.05, 3.63) is 48.0 Å². The van der Waals surface area contributed by atoms with Gasteiger partial charge in [0.2, 0.25) is 0 Å². The number of aryl methyl sites for hydroxylation is 1. The first-order valence-corrected chi connectivity index (χ1v) is 8.77. The first kappa shape index (κ1) is 22.2. The molecule has 2 amide bonds. The molecule has 0 spiro atoms. The fourth-order valence-corrected chi connectivity index (χ4v) is 2.28. The molecule has 1 N–H and O–H groups in total. The van der Waals surface area contributed by atoms with Gasteiger partial charge in [-0.15, -0.1) is 0 Å². The van der Waals surface area contributed by atoms with Gasteiger partial charge in [0.15, 0.2) is 18.1 Å². The van der Waals surface area contributed by atoms with Crippen molar-refractivity contribution in [2.24, 2.45) is 0 Å². The summed E-state index contributed by atoms with van der Waals surface area (Å²) in [7, 11) is 2.90. The molecule has 0 saturated carbocycles. The molecule has 2 rings (SSSR count). The minimum absolute atomic E-state index is 0.118. The highest BCUT2D eigenvalue weighted by molar-refractivity contribution is 5.89. The number of alkyl halides is 3. The van der Waals surface area contributed by atoms with Gasteiger partial charge in [-0.25, -0.2) is 4.79 Å². The Morgan fingerprint density at radius 3 is 2.38 bits per heavy atom. The zero-order valence-corrected chi connectivity index (χ0v) is 16.4. The Morgan fingerprint density at radius 1 is 1.07 bits per heavy atom. The number of methoxy groups -OCH3 is 1. The summed E-state index contributed by atoms with van der Waals surface area (Å²) in [6, 6.07) is 11.3. The van der Waals surface area contributed by atoms with Gasteiger partial charge < -0.3 is 24.4 Å². The van der Waals surface area contributed by atoms with Gasteiger partial charge in [0.05, 0.1) is 13.7 Å². The highest BCUT2D eigenvalue weighted by Gasteiger charge is 2.29. The molecule has 0 bridgehead atoms. The number of carbonyl (C=O) groups excluding carboxylic acids is 1. The van der Waals surface area contributed by atoms with Crippen LogP contribution >= 0.6 is 0 Å². The number of halogens is 3. The van der Waals surface area contributed by atoms with Crippen LogP contribution in [0.1, 0.15) is 5.56 Å². The largest absolute Gasteiger partial charge is 0.493 e. The van der Waals surface area contributed by atoms with E-state index in [1.807, 2.05) is 31.2 Å². The Morgan fingerprint density at radius 2 is 1.76 bits per heavy atom. The number of anilines is 1. The molecule has 0 heterocycles. The summed E-state index contributed by atoms with van der Waals surface area (Å²) in [5, 5.41) is 2.60. The predicted molar refractivity (Wildman–Crippen MR) is 103 cm³/mol. The van der Waals surface area contributed by atoms with Crippen LogP contribution in [0.4, 0.5) is 23.7 Å². The van der Waals surface area contributed by atoms with Gasteiger partial charge in [0, 0.05) is 18.8 Å². The normalized spacial score (nSPS) is 11.0.